The average molecular weight is 277 g/mol. The molecule has 1 N–H and O–H groups in total. The standard InChI is InChI=1S/C17H27NO2/c1-4-13-7-8-15(11-14(13)5-2)17(18-6-3)16-12-19-9-10-20-16/h7-8,11,16-18H,4-6,9-10,12H2,1-3H3. The van der Waals surface area contributed by atoms with Crippen LogP contribution in [0.1, 0.15) is 43.5 Å². The molecule has 1 aliphatic heterocycles. The van der Waals surface area contributed by atoms with Crippen molar-refractivity contribution in [3.05, 3.63) is 34.9 Å². The van der Waals surface area contributed by atoms with Gasteiger partial charge in [-0.05, 0) is 36.1 Å². The topological polar surface area (TPSA) is 30.5 Å². The molecule has 3 heteroatoms. The number of rotatable bonds is 6. The van der Waals surface area contributed by atoms with Gasteiger partial charge in [0.1, 0.15) is 6.10 Å². The van der Waals surface area contributed by atoms with Gasteiger partial charge in [-0.1, -0.05) is 39.0 Å². The summed E-state index contributed by atoms with van der Waals surface area (Å²) < 4.78 is 11.5. The third-order valence-corrected chi connectivity index (χ3v) is 3.99. The lowest BCUT2D eigenvalue weighted by Crippen LogP contribution is -2.40. The Morgan fingerprint density at radius 2 is 1.95 bits per heavy atom. The molecule has 0 aromatic heterocycles. The summed E-state index contributed by atoms with van der Waals surface area (Å²) >= 11 is 0. The molecular formula is C17H27NO2. The fraction of sp³-hybridized carbons (Fsp3) is 0.647. The maximum absolute atomic E-state index is 5.89. The second-order valence-corrected chi connectivity index (χ2v) is 5.25. The van der Waals surface area contributed by atoms with Gasteiger partial charge in [-0.2, -0.15) is 0 Å². The normalized spacial score (nSPS) is 20.9. The van der Waals surface area contributed by atoms with Gasteiger partial charge in [0.15, 0.2) is 0 Å². The smallest absolute Gasteiger partial charge is 0.100 e. The van der Waals surface area contributed by atoms with Crippen LogP contribution in [-0.4, -0.2) is 32.5 Å². The van der Waals surface area contributed by atoms with Crippen LogP contribution in [0.2, 0.25) is 0 Å². The molecule has 1 aromatic rings. The quantitative estimate of drug-likeness (QED) is 0.867. The number of ether oxygens (including phenoxy) is 2. The van der Waals surface area contributed by atoms with Crippen LogP contribution in [0.4, 0.5) is 0 Å². The minimum absolute atomic E-state index is 0.112. The van der Waals surface area contributed by atoms with Crippen molar-refractivity contribution in [1.29, 1.82) is 0 Å². The van der Waals surface area contributed by atoms with Crippen LogP contribution in [0.15, 0.2) is 18.2 Å². The number of benzene rings is 1. The van der Waals surface area contributed by atoms with Crippen LogP contribution >= 0.6 is 0 Å². The number of nitrogens with one attached hydrogen (secondary N) is 1. The lowest BCUT2D eigenvalue weighted by Gasteiger charge is -2.31. The van der Waals surface area contributed by atoms with E-state index in [1.165, 1.54) is 16.7 Å². The second-order valence-electron chi connectivity index (χ2n) is 5.25. The first kappa shape index (κ1) is 15.5. The monoisotopic (exact) mass is 277 g/mol. The summed E-state index contributed by atoms with van der Waals surface area (Å²) in [4.78, 5) is 0. The highest BCUT2D eigenvalue weighted by Crippen LogP contribution is 2.24. The second kappa shape index (κ2) is 7.77. The van der Waals surface area contributed by atoms with Crippen LogP contribution in [-0.2, 0) is 22.3 Å². The van der Waals surface area contributed by atoms with Crippen molar-refractivity contribution >= 4 is 0 Å². The van der Waals surface area contributed by atoms with Crippen molar-refractivity contribution in [2.45, 2.75) is 45.8 Å². The molecule has 20 heavy (non-hydrogen) atoms. The van der Waals surface area contributed by atoms with Gasteiger partial charge < -0.3 is 14.8 Å². The largest absolute Gasteiger partial charge is 0.376 e. The molecule has 0 spiro atoms. The molecule has 112 valence electrons. The third-order valence-electron chi connectivity index (χ3n) is 3.99. The zero-order valence-corrected chi connectivity index (χ0v) is 12.9. The van der Waals surface area contributed by atoms with E-state index in [2.05, 4.69) is 44.3 Å². The predicted octanol–water partition coefficient (Wildman–Crippen LogP) is 2.88. The van der Waals surface area contributed by atoms with Gasteiger partial charge in [0.05, 0.1) is 25.9 Å². The predicted molar refractivity (Wildman–Crippen MR) is 82.2 cm³/mol. The molecule has 0 aliphatic carbocycles. The van der Waals surface area contributed by atoms with Crippen molar-refractivity contribution in [3.63, 3.8) is 0 Å². The molecule has 1 fully saturated rings. The molecule has 2 rings (SSSR count). The van der Waals surface area contributed by atoms with E-state index in [4.69, 9.17) is 9.47 Å². The lowest BCUT2D eigenvalue weighted by molar-refractivity contribution is -0.102. The zero-order chi connectivity index (χ0) is 14.4. The summed E-state index contributed by atoms with van der Waals surface area (Å²) in [5, 5.41) is 3.55. The molecule has 0 bridgehead atoms. The first-order chi connectivity index (χ1) is 9.80. The van der Waals surface area contributed by atoms with Crippen molar-refractivity contribution in [2.75, 3.05) is 26.4 Å². The van der Waals surface area contributed by atoms with Gasteiger partial charge in [-0.3, -0.25) is 0 Å². The van der Waals surface area contributed by atoms with Gasteiger partial charge in [-0.25, -0.2) is 0 Å². The maximum Gasteiger partial charge on any atom is 0.100 e. The number of likely N-dealkylation sites (N-methyl/N-ethyl adjacent to an activating group) is 1. The minimum Gasteiger partial charge on any atom is -0.376 e. The zero-order valence-electron chi connectivity index (χ0n) is 12.9. The number of aryl methyl sites for hydroxylation is 2. The average Bonchev–Trinajstić information content (AvgIpc) is 2.52. The molecule has 1 heterocycles. The third kappa shape index (κ3) is 3.60. The maximum atomic E-state index is 5.89. The molecule has 1 aromatic carbocycles. The fourth-order valence-electron chi connectivity index (χ4n) is 2.90. The van der Waals surface area contributed by atoms with Crippen molar-refractivity contribution < 1.29 is 9.47 Å². The summed E-state index contributed by atoms with van der Waals surface area (Å²) in [6, 6.07) is 7.06. The van der Waals surface area contributed by atoms with Crippen LogP contribution < -0.4 is 5.32 Å². The Balaban J connectivity index is 2.23. The van der Waals surface area contributed by atoms with Crippen molar-refractivity contribution in [1.82, 2.24) is 5.32 Å². The van der Waals surface area contributed by atoms with Gasteiger partial charge in [0.25, 0.3) is 0 Å². The molecule has 0 amide bonds. The molecule has 1 aliphatic rings. The Bertz CT molecular complexity index is 413. The molecule has 2 unspecified atom stereocenters. The fourth-order valence-corrected chi connectivity index (χ4v) is 2.90. The Morgan fingerprint density at radius 1 is 1.15 bits per heavy atom. The van der Waals surface area contributed by atoms with Crippen molar-refractivity contribution in [2.24, 2.45) is 0 Å². The lowest BCUT2D eigenvalue weighted by atomic mass is 9.94. The van der Waals surface area contributed by atoms with E-state index < -0.39 is 0 Å². The molecule has 0 radical (unpaired) electrons. The van der Waals surface area contributed by atoms with E-state index in [0.717, 1.165) is 19.4 Å². The SMILES string of the molecule is CCNC(c1ccc(CC)c(CC)c1)C1COCCO1. The first-order valence-electron chi connectivity index (χ1n) is 7.84. The summed E-state index contributed by atoms with van der Waals surface area (Å²) in [6.07, 6.45) is 2.29. The van der Waals surface area contributed by atoms with Crippen LogP contribution in [0.3, 0.4) is 0 Å². The Kier molecular flexibility index (Phi) is 6.02. The van der Waals surface area contributed by atoms with E-state index in [1.54, 1.807) is 0 Å². The molecule has 1 saturated heterocycles. The Morgan fingerprint density at radius 3 is 2.55 bits per heavy atom. The first-order valence-corrected chi connectivity index (χ1v) is 7.84. The van der Waals surface area contributed by atoms with Crippen molar-refractivity contribution in [3.8, 4) is 0 Å². The molecule has 3 nitrogen and oxygen atoms in total. The Labute approximate surface area is 122 Å². The highest BCUT2D eigenvalue weighted by molar-refractivity contribution is 5.34. The van der Waals surface area contributed by atoms with Gasteiger partial charge in [0.2, 0.25) is 0 Å². The van der Waals surface area contributed by atoms with E-state index in [0.29, 0.717) is 19.8 Å². The summed E-state index contributed by atoms with van der Waals surface area (Å²) in [6.45, 7) is 9.59. The van der Waals surface area contributed by atoms with Crippen LogP contribution in [0.25, 0.3) is 0 Å². The minimum atomic E-state index is 0.112. The molecular weight excluding hydrogens is 250 g/mol. The van der Waals surface area contributed by atoms with E-state index >= 15 is 0 Å². The number of hydrogen-bond donors (Lipinski definition) is 1. The summed E-state index contributed by atoms with van der Waals surface area (Å²) in [7, 11) is 0. The molecule has 0 saturated carbocycles. The van der Waals surface area contributed by atoms with Crippen LogP contribution in [0, 0.1) is 0 Å². The highest BCUT2D eigenvalue weighted by Gasteiger charge is 2.26. The Hall–Kier alpha value is -0.900. The van der Waals surface area contributed by atoms with E-state index in [-0.39, 0.29) is 12.1 Å². The van der Waals surface area contributed by atoms with E-state index in [1.807, 2.05) is 0 Å². The van der Waals surface area contributed by atoms with Crippen LogP contribution in [0.5, 0.6) is 0 Å². The summed E-state index contributed by atoms with van der Waals surface area (Å²) in [5.74, 6) is 0. The van der Waals surface area contributed by atoms with E-state index in [9.17, 15) is 0 Å². The number of hydrogen-bond acceptors (Lipinski definition) is 3. The highest BCUT2D eigenvalue weighted by atomic mass is 16.6. The van der Waals surface area contributed by atoms with Gasteiger partial charge in [0, 0.05) is 0 Å². The van der Waals surface area contributed by atoms with Gasteiger partial charge >= 0.3 is 0 Å². The van der Waals surface area contributed by atoms with Gasteiger partial charge in [-0.15, -0.1) is 0 Å². The molecule has 2 atom stereocenters. The summed E-state index contributed by atoms with van der Waals surface area (Å²) in [5.41, 5.74) is 4.22.